The van der Waals surface area contributed by atoms with Crippen molar-refractivity contribution >= 4 is 16.4 Å². The summed E-state index contributed by atoms with van der Waals surface area (Å²) >= 11 is 0. The van der Waals surface area contributed by atoms with Gasteiger partial charge in [-0.2, -0.15) is 0 Å². The summed E-state index contributed by atoms with van der Waals surface area (Å²) in [6, 6.07) is 0. The first-order valence-electron chi connectivity index (χ1n) is 4.47. The molecule has 0 bridgehead atoms. The van der Waals surface area contributed by atoms with E-state index in [4.69, 9.17) is 4.43 Å². The van der Waals surface area contributed by atoms with Crippen molar-refractivity contribution in [2.75, 3.05) is 0 Å². The summed E-state index contributed by atoms with van der Waals surface area (Å²) in [4.78, 5) is 0. The third-order valence-electron chi connectivity index (χ3n) is 1.55. The van der Waals surface area contributed by atoms with Crippen molar-refractivity contribution in [2.45, 2.75) is 45.0 Å². The molecule has 0 fully saturated rings. The van der Waals surface area contributed by atoms with Gasteiger partial charge in [0, 0.05) is 0 Å². The van der Waals surface area contributed by atoms with Gasteiger partial charge < -0.3 is 4.43 Å². The van der Waals surface area contributed by atoms with Gasteiger partial charge in [0.2, 0.25) is 0 Å². The predicted molar refractivity (Wildman–Crippen MR) is 61.8 cm³/mol. The second kappa shape index (κ2) is 3.89. The molecule has 3 heteroatoms. The fraction of sp³-hybridized carbons (Fsp3) is 0.778. The number of rotatable bonds is 4. The third kappa shape index (κ3) is 4.90. The zero-order valence-corrected chi connectivity index (χ0v) is 11.3. The van der Waals surface area contributed by atoms with Crippen LogP contribution in [0.1, 0.15) is 0 Å². The molecule has 0 rings (SSSR count). The van der Waals surface area contributed by atoms with E-state index in [9.17, 15) is 0 Å². The molecule has 0 amide bonds. The van der Waals surface area contributed by atoms with Crippen molar-refractivity contribution in [3.8, 4) is 0 Å². The van der Waals surface area contributed by atoms with Crippen LogP contribution in [0.25, 0.3) is 0 Å². The smallest absolute Gasteiger partial charge is 0.184 e. The van der Waals surface area contributed by atoms with Gasteiger partial charge in [-0.1, -0.05) is 25.7 Å². The van der Waals surface area contributed by atoms with Crippen LogP contribution in [0.4, 0.5) is 0 Å². The Bertz CT molecular complexity index is 153. The monoisotopic (exact) mass is 202 g/mol. The highest BCUT2D eigenvalue weighted by molar-refractivity contribution is 6.79. The van der Waals surface area contributed by atoms with Gasteiger partial charge in [0.15, 0.2) is 8.32 Å². The predicted octanol–water partition coefficient (Wildman–Crippen LogP) is 3.27. The van der Waals surface area contributed by atoms with E-state index in [-0.39, 0.29) is 0 Å². The highest BCUT2D eigenvalue weighted by atomic mass is 28.4. The molecule has 0 saturated carbocycles. The van der Waals surface area contributed by atoms with Crippen molar-refractivity contribution in [1.82, 2.24) is 0 Å². The van der Waals surface area contributed by atoms with Gasteiger partial charge in [-0.05, 0) is 19.6 Å². The van der Waals surface area contributed by atoms with E-state index < -0.39 is 16.4 Å². The molecule has 72 valence electrons. The highest BCUT2D eigenvalue weighted by Crippen LogP contribution is 2.17. The Morgan fingerprint density at radius 1 is 1.08 bits per heavy atom. The first-order chi connectivity index (χ1) is 5.17. The van der Waals surface area contributed by atoms with Crippen LogP contribution in [0.15, 0.2) is 12.7 Å². The minimum Gasteiger partial charge on any atom is -0.414 e. The zero-order chi connectivity index (χ0) is 9.99. The van der Waals surface area contributed by atoms with Crippen LogP contribution in [0, 0.1) is 0 Å². The Balaban J connectivity index is 4.30. The summed E-state index contributed by atoms with van der Waals surface area (Å²) < 4.78 is 6.03. The van der Waals surface area contributed by atoms with Crippen molar-refractivity contribution in [3.05, 3.63) is 12.7 Å². The number of hydrogen-bond donors (Lipinski definition) is 0. The Morgan fingerprint density at radius 2 is 1.50 bits per heavy atom. The second-order valence-electron chi connectivity index (χ2n) is 5.25. The molecule has 0 aromatic carbocycles. The van der Waals surface area contributed by atoms with Crippen LogP contribution in [-0.2, 0) is 4.43 Å². The summed E-state index contributed by atoms with van der Waals surface area (Å²) in [6.07, 6.45) is 1.98. The average molecular weight is 202 g/mol. The molecule has 12 heavy (non-hydrogen) atoms. The molecule has 0 aromatic rings. The maximum Gasteiger partial charge on any atom is 0.184 e. The molecule has 0 spiro atoms. The van der Waals surface area contributed by atoms with E-state index in [0.29, 0.717) is 5.73 Å². The normalized spacial score (nSPS) is 15.8. The van der Waals surface area contributed by atoms with Crippen LogP contribution < -0.4 is 0 Å². The summed E-state index contributed by atoms with van der Waals surface area (Å²) in [7, 11) is -2.59. The summed E-state index contributed by atoms with van der Waals surface area (Å²) in [5.41, 5.74) is 0.323. The first-order valence-corrected chi connectivity index (χ1v) is 11.5. The zero-order valence-electron chi connectivity index (χ0n) is 9.27. The first kappa shape index (κ1) is 12.1. The van der Waals surface area contributed by atoms with Crippen LogP contribution in [0.5, 0.6) is 0 Å². The fourth-order valence-electron chi connectivity index (χ4n) is 0.959. The summed E-state index contributed by atoms with van der Waals surface area (Å²) in [5.74, 6) is 0. The Morgan fingerprint density at radius 3 is 1.58 bits per heavy atom. The van der Waals surface area contributed by atoms with Crippen molar-refractivity contribution in [3.63, 3.8) is 0 Å². The average Bonchev–Trinajstić information content (AvgIpc) is 1.78. The van der Waals surface area contributed by atoms with Gasteiger partial charge in [-0.3, -0.25) is 0 Å². The summed E-state index contributed by atoms with van der Waals surface area (Å²) in [6.45, 7) is 17.5. The standard InChI is InChI=1S/C9H22OSi2/c1-8-9(11(2,3)4)10-12(5,6)7/h8-9H,1H2,2-7H3. The Hall–Kier alpha value is 0.134. The molecule has 1 unspecified atom stereocenters. The van der Waals surface area contributed by atoms with Gasteiger partial charge in [0.25, 0.3) is 0 Å². The lowest BCUT2D eigenvalue weighted by Gasteiger charge is -2.32. The second-order valence-corrected chi connectivity index (χ2v) is 15.0. The molecule has 1 atom stereocenters. The molecule has 0 aliphatic carbocycles. The quantitative estimate of drug-likeness (QED) is 0.502. The van der Waals surface area contributed by atoms with Crippen LogP contribution >= 0.6 is 0 Å². The third-order valence-corrected chi connectivity index (χ3v) is 4.81. The molecule has 0 N–H and O–H groups in total. The Kier molecular flexibility index (Phi) is 3.94. The van der Waals surface area contributed by atoms with E-state index in [0.717, 1.165) is 0 Å². The van der Waals surface area contributed by atoms with Crippen molar-refractivity contribution in [2.24, 2.45) is 0 Å². The van der Waals surface area contributed by atoms with Crippen LogP contribution in [-0.4, -0.2) is 22.1 Å². The SMILES string of the molecule is C=CC(O[Si](C)(C)C)[Si](C)(C)C. The van der Waals surface area contributed by atoms with Gasteiger partial charge in [0.05, 0.1) is 13.8 Å². The molecule has 0 aliphatic heterocycles. The molecule has 0 heterocycles. The van der Waals surface area contributed by atoms with Crippen molar-refractivity contribution < 1.29 is 4.43 Å². The van der Waals surface area contributed by atoms with E-state index in [1.807, 2.05) is 6.08 Å². The molecule has 0 saturated heterocycles. The van der Waals surface area contributed by atoms with Gasteiger partial charge >= 0.3 is 0 Å². The lowest BCUT2D eigenvalue weighted by atomic mass is 10.7. The molecule has 0 aromatic heterocycles. The highest BCUT2D eigenvalue weighted by Gasteiger charge is 2.29. The largest absolute Gasteiger partial charge is 0.414 e. The molecule has 0 radical (unpaired) electrons. The van der Waals surface area contributed by atoms with E-state index in [2.05, 4.69) is 45.9 Å². The van der Waals surface area contributed by atoms with Crippen LogP contribution in [0.3, 0.4) is 0 Å². The maximum atomic E-state index is 6.03. The maximum absolute atomic E-state index is 6.03. The molecule has 1 nitrogen and oxygen atoms in total. The van der Waals surface area contributed by atoms with Gasteiger partial charge in [-0.15, -0.1) is 6.58 Å². The number of hydrogen-bond acceptors (Lipinski definition) is 1. The van der Waals surface area contributed by atoms with Crippen LogP contribution in [0.2, 0.25) is 39.3 Å². The fourth-order valence-corrected chi connectivity index (χ4v) is 5.00. The lowest BCUT2D eigenvalue weighted by molar-refractivity contribution is 0.308. The minimum atomic E-state index is -1.39. The summed E-state index contributed by atoms with van der Waals surface area (Å²) in [5, 5.41) is 0. The molecular formula is C9H22OSi2. The van der Waals surface area contributed by atoms with E-state index in [1.165, 1.54) is 0 Å². The molecular weight excluding hydrogens is 180 g/mol. The van der Waals surface area contributed by atoms with E-state index >= 15 is 0 Å². The topological polar surface area (TPSA) is 9.23 Å². The van der Waals surface area contributed by atoms with Gasteiger partial charge in [-0.25, -0.2) is 0 Å². The van der Waals surface area contributed by atoms with E-state index in [1.54, 1.807) is 0 Å². The van der Waals surface area contributed by atoms with Crippen molar-refractivity contribution in [1.29, 1.82) is 0 Å². The Labute approximate surface area is 79.0 Å². The molecule has 0 aliphatic rings. The lowest BCUT2D eigenvalue weighted by Crippen LogP contribution is -2.45. The minimum absolute atomic E-state index is 0.323. The van der Waals surface area contributed by atoms with Gasteiger partial charge in [0.1, 0.15) is 0 Å².